The molecule has 4 rings (SSSR count). The van der Waals surface area contributed by atoms with Crippen LogP contribution >= 0.6 is 22.9 Å². The Hall–Kier alpha value is -3.30. The van der Waals surface area contributed by atoms with Crippen molar-refractivity contribution in [1.29, 1.82) is 0 Å². The first kappa shape index (κ1) is 31.6. The summed E-state index contributed by atoms with van der Waals surface area (Å²) in [4.78, 5) is 13.8. The molecule has 1 saturated carbocycles. The lowest BCUT2D eigenvalue weighted by Crippen LogP contribution is -2.26. The van der Waals surface area contributed by atoms with Gasteiger partial charge in [0.15, 0.2) is 0 Å². The van der Waals surface area contributed by atoms with Crippen molar-refractivity contribution in [2.24, 2.45) is 5.92 Å². The quantitative estimate of drug-likeness (QED) is 0.0856. The van der Waals surface area contributed by atoms with E-state index in [-0.39, 0.29) is 5.28 Å². The van der Waals surface area contributed by atoms with E-state index in [2.05, 4.69) is 63.1 Å². The minimum Gasteiger partial charge on any atom is -0.383 e. The highest BCUT2D eigenvalue weighted by molar-refractivity contribution is 7.13. The van der Waals surface area contributed by atoms with E-state index in [1.54, 1.807) is 17.4 Å². The monoisotopic (exact) mass is 603 g/mol. The highest BCUT2D eigenvalue weighted by atomic mass is 35.5. The molecule has 222 valence electrons. The lowest BCUT2D eigenvalue weighted by atomic mass is 10.1. The third kappa shape index (κ3) is 8.16. The Morgan fingerprint density at radius 1 is 1.02 bits per heavy atom. The number of fused-ring (bicyclic) bond motifs is 1. The van der Waals surface area contributed by atoms with Crippen LogP contribution in [0.25, 0.3) is 21.6 Å². The van der Waals surface area contributed by atoms with E-state index >= 15 is 0 Å². The molecule has 3 aromatic heterocycles. The normalized spacial score (nSPS) is 17.5. The minimum absolute atomic E-state index is 0.165. The molecule has 2 atom stereocenters. The van der Waals surface area contributed by atoms with Crippen molar-refractivity contribution in [3.05, 3.63) is 96.5 Å². The molecule has 0 radical (unpaired) electrons. The first-order chi connectivity index (χ1) is 20.5. The first-order valence-electron chi connectivity index (χ1n) is 14.5. The Kier molecular flexibility index (Phi) is 11.9. The van der Waals surface area contributed by atoms with E-state index in [1.807, 2.05) is 30.4 Å². The number of nitrogens with zero attached hydrogens (tertiary/aromatic N) is 4. The number of halogens is 1. The fourth-order valence-corrected chi connectivity index (χ4v) is 6.56. The largest absolute Gasteiger partial charge is 0.383 e. The van der Waals surface area contributed by atoms with Gasteiger partial charge in [-0.3, -0.25) is 0 Å². The van der Waals surface area contributed by atoms with Crippen molar-refractivity contribution >= 4 is 39.8 Å². The van der Waals surface area contributed by atoms with Crippen LogP contribution in [0.2, 0.25) is 5.28 Å². The Bertz CT molecular complexity index is 1460. The molecule has 4 N–H and O–H groups in total. The van der Waals surface area contributed by atoms with Crippen LogP contribution in [0.4, 0.5) is 5.82 Å². The third-order valence-electron chi connectivity index (χ3n) is 7.67. The molecule has 0 amide bonds. The third-order valence-corrected chi connectivity index (χ3v) is 8.76. The zero-order valence-corrected chi connectivity index (χ0v) is 25.9. The van der Waals surface area contributed by atoms with Gasteiger partial charge in [-0.05, 0) is 86.9 Å². The molecule has 1 aliphatic carbocycles. The van der Waals surface area contributed by atoms with E-state index < -0.39 is 0 Å². The summed E-state index contributed by atoms with van der Waals surface area (Å²) in [6.45, 7) is 19.3. The number of rotatable bonds is 17. The Morgan fingerprint density at radius 2 is 1.79 bits per heavy atom. The number of hydrogen-bond donors (Lipinski definition) is 3. The molecule has 0 unspecified atom stereocenters. The maximum absolute atomic E-state index is 6.41. The summed E-state index contributed by atoms with van der Waals surface area (Å²) in [5, 5.41) is 11.1. The summed E-state index contributed by atoms with van der Waals surface area (Å²) in [5.74, 6) is 0.995. The summed E-state index contributed by atoms with van der Waals surface area (Å²) in [7, 11) is 0. The topological polar surface area (TPSA) is 93.7 Å². The predicted molar refractivity (Wildman–Crippen MR) is 180 cm³/mol. The van der Waals surface area contributed by atoms with Gasteiger partial charge < -0.3 is 20.9 Å². The second-order valence-electron chi connectivity index (χ2n) is 10.6. The molecule has 0 bridgehead atoms. The zero-order chi connectivity index (χ0) is 29.9. The smallest absolute Gasteiger partial charge is 0.226 e. The SMILES string of the molecule is C=C/C=C(\C=C)CCNCCCNC[C@@H]1CC[C@H](n2cc(-c3nc(C/C(C=C)=C/C=C)cs3)c3c(N)nc(Cl)nc32)C1. The number of thiazole rings is 1. The summed E-state index contributed by atoms with van der Waals surface area (Å²) in [6, 6.07) is 0.324. The van der Waals surface area contributed by atoms with E-state index in [9.17, 15) is 0 Å². The predicted octanol–water partition coefficient (Wildman–Crippen LogP) is 7.23. The lowest BCUT2D eigenvalue weighted by Gasteiger charge is -2.15. The maximum atomic E-state index is 6.41. The second kappa shape index (κ2) is 15.8. The van der Waals surface area contributed by atoms with Gasteiger partial charge in [0.25, 0.3) is 0 Å². The molecule has 1 fully saturated rings. The van der Waals surface area contributed by atoms with Crippen LogP contribution < -0.4 is 16.4 Å². The van der Waals surface area contributed by atoms with Crippen LogP contribution in [-0.4, -0.2) is 45.7 Å². The van der Waals surface area contributed by atoms with Crippen LogP contribution in [0.5, 0.6) is 0 Å². The van der Waals surface area contributed by atoms with Crippen LogP contribution in [0.15, 0.2) is 85.5 Å². The van der Waals surface area contributed by atoms with Crippen LogP contribution in [-0.2, 0) is 6.42 Å². The van der Waals surface area contributed by atoms with E-state index in [1.165, 1.54) is 12.0 Å². The van der Waals surface area contributed by atoms with Gasteiger partial charge >= 0.3 is 0 Å². The van der Waals surface area contributed by atoms with Crippen molar-refractivity contribution in [1.82, 2.24) is 30.2 Å². The van der Waals surface area contributed by atoms with Crippen LogP contribution in [0.1, 0.15) is 43.8 Å². The number of hydrogen-bond acceptors (Lipinski definition) is 7. The highest BCUT2D eigenvalue weighted by Crippen LogP contribution is 2.41. The molecule has 0 spiro atoms. The van der Waals surface area contributed by atoms with Crippen molar-refractivity contribution in [3.8, 4) is 10.6 Å². The molecule has 3 heterocycles. The number of nitrogens with one attached hydrogen (secondary N) is 2. The number of nitrogen functional groups attached to an aromatic ring is 1. The average Bonchev–Trinajstić information content (AvgIpc) is 3.72. The van der Waals surface area contributed by atoms with E-state index in [0.717, 1.165) is 84.7 Å². The average molecular weight is 604 g/mol. The Balaban J connectivity index is 1.36. The van der Waals surface area contributed by atoms with Crippen molar-refractivity contribution in [3.63, 3.8) is 0 Å². The van der Waals surface area contributed by atoms with Crippen molar-refractivity contribution in [2.45, 2.75) is 44.6 Å². The van der Waals surface area contributed by atoms with Crippen LogP contribution in [0, 0.1) is 5.92 Å². The molecule has 0 aromatic carbocycles. The maximum Gasteiger partial charge on any atom is 0.226 e. The number of aromatic nitrogens is 4. The fourth-order valence-electron chi connectivity index (χ4n) is 5.55. The molecule has 0 aliphatic heterocycles. The second-order valence-corrected chi connectivity index (χ2v) is 11.8. The van der Waals surface area contributed by atoms with Crippen molar-refractivity contribution < 1.29 is 0 Å². The summed E-state index contributed by atoms with van der Waals surface area (Å²) >= 11 is 7.88. The van der Waals surface area contributed by atoms with Gasteiger partial charge in [0.2, 0.25) is 5.28 Å². The van der Waals surface area contributed by atoms with Gasteiger partial charge in [0, 0.05) is 29.6 Å². The molecule has 0 saturated heterocycles. The molecular weight excluding hydrogens is 562 g/mol. The lowest BCUT2D eigenvalue weighted by molar-refractivity contribution is 0.452. The number of allylic oxidation sites excluding steroid dienone is 7. The minimum atomic E-state index is 0.165. The van der Waals surface area contributed by atoms with Gasteiger partial charge in [-0.1, -0.05) is 62.8 Å². The fraction of sp³-hybridized carbons (Fsp3) is 0.364. The van der Waals surface area contributed by atoms with Gasteiger partial charge in [-0.15, -0.1) is 11.3 Å². The Morgan fingerprint density at radius 3 is 2.55 bits per heavy atom. The summed E-state index contributed by atoms with van der Waals surface area (Å²) < 4.78 is 2.25. The summed E-state index contributed by atoms with van der Waals surface area (Å²) in [6.07, 6.45) is 19.5. The molecular formula is C33H42ClN7S. The Labute approximate surface area is 258 Å². The van der Waals surface area contributed by atoms with Crippen LogP contribution in [0.3, 0.4) is 0 Å². The zero-order valence-electron chi connectivity index (χ0n) is 24.3. The molecule has 9 heteroatoms. The van der Waals surface area contributed by atoms with E-state index in [0.29, 0.717) is 24.2 Å². The van der Waals surface area contributed by atoms with E-state index in [4.69, 9.17) is 22.3 Å². The molecule has 1 aliphatic rings. The highest BCUT2D eigenvalue weighted by Gasteiger charge is 2.29. The molecule has 3 aromatic rings. The number of anilines is 1. The summed E-state index contributed by atoms with van der Waals surface area (Å²) in [5.41, 5.74) is 11.4. The van der Waals surface area contributed by atoms with Gasteiger partial charge in [0.05, 0.1) is 11.1 Å². The first-order valence-corrected chi connectivity index (χ1v) is 15.8. The standard InChI is InChI=1S/C33H42ClN7S/c1-5-10-23(7-3)14-17-36-15-9-16-37-20-25-12-13-27(19-25)41-21-28(29-30(35)39-33(34)40-31(29)41)32-38-26(22-42-32)18-24(8-4)11-6-2/h5-8,10-11,21-22,25,27,36-37H,1-4,9,12-20H2,(H2,35,39,40)/b23-10+,24-11+/t25-,27+/m1/s1. The van der Waals surface area contributed by atoms with Gasteiger partial charge in [-0.2, -0.15) is 4.98 Å². The van der Waals surface area contributed by atoms with Gasteiger partial charge in [-0.25, -0.2) is 9.97 Å². The molecule has 42 heavy (non-hydrogen) atoms. The molecule has 7 nitrogen and oxygen atoms in total. The number of nitrogens with two attached hydrogens (primary N) is 1. The van der Waals surface area contributed by atoms with Crippen molar-refractivity contribution in [2.75, 3.05) is 31.9 Å². The van der Waals surface area contributed by atoms with Gasteiger partial charge in [0.1, 0.15) is 16.5 Å².